The van der Waals surface area contributed by atoms with Crippen molar-refractivity contribution in [3.05, 3.63) is 30.1 Å². The van der Waals surface area contributed by atoms with E-state index in [1.165, 1.54) is 0 Å². The summed E-state index contributed by atoms with van der Waals surface area (Å²) in [4.78, 5) is 3.51. The predicted octanol–water partition coefficient (Wildman–Crippen LogP) is 3.49. The number of aromatic nitrogens is 1. The molecular weight excluding hydrogens is 476 g/mol. The minimum Gasteiger partial charge on any atom is -0.272 e. The van der Waals surface area contributed by atoms with E-state index in [9.17, 15) is 43.2 Å². The Morgan fingerprint density at radius 3 is 1.90 bits per heavy atom. The first-order valence-electron chi connectivity index (χ1n) is 9.12. The van der Waals surface area contributed by atoms with Crippen LogP contribution in [0.25, 0.3) is 0 Å². The van der Waals surface area contributed by atoms with Gasteiger partial charge in [0.15, 0.2) is 0 Å². The van der Waals surface area contributed by atoms with E-state index in [-0.39, 0.29) is 13.0 Å². The van der Waals surface area contributed by atoms with Crippen LogP contribution in [0.3, 0.4) is 0 Å². The van der Waals surface area contributed by atoms with Crippen molar-refractivity contribution in [3.8, 4) is 0 Å². The molecule has 0 amide bonds. The first kappa shape index (κ1) is 27.1. The fourth-order valence-corrected chi connectivity index (χ4v) is 5.18. The number of hydrogen-bond acceptors (Lipinski definition) is 5. The molecule has 1 aromatic rings. The topological polar surface area (TPSA) is 96.2 Å². The molecule has 0 saturated heterocycles. The number of sulfonamides is 2. The summed E-state index contributed by atoms with van der Waals surface area (Å²) in [6.07, 6.45) is 6.17. The van der Waals surface area contributed by atoms with E-state index in [1.54, 1.807) is 0 Å². The van der Waals surface area contributed by atoms with Gasteiger partial charge >= 0.3 is 36.9 Å². The molecule has 0 saturated carbocycles. The summed E-state index contributed by atoms with van der Waals surface area (Å²) < 4.78 is 125. The van der Waals surface area contributed by atoms with E-state index in [0.717, 1.165) is 50.2 Å². The van der Waals surface area contributed by atoms with Gasteiger partial charge in [0.1, 0.15) is 0 Å². The molecule has 0 aliphatic carbocycles. The zero-order valence-electron chi connectivity index (χ0n) is 16.4. The van der Waals surface area contributed by atoms with Gasteiger partial charge in [-0.15, -0.1) is 0 Å². The lowest BCUT2D eigenvalue weighted by Gasteiger charge is -2.16. The van der Waals surface area contributed by atoms with Gasteiger partial charge in [-0.1, -0.05) is 32.6 Å². The molecule has 0 fully saturated rings. The molecule has 0 atom stereocenters. The number of halogens is 6. The first-order valence-corrected chi connectivity index (χ1v) is 12.0. The summed E-state index contributed by atoms with van der Waals surface area (Å²) in [7, 11) is -14.0. The number of amidine groups is 1. The SMILES string of the molecule is CCCCCCCCNC(c1cccnc1)=[N+](S(=O)(=O)C(F)(F)F)S(=O)(=O)C(F)(F)F. The highest BCUT2D eigenvalue weighted by molar-refractivity contribution is 7.98. The second-order valence-corrected chi connectivity index (χ2v) is 10.2. The average molecular weight is 498 g/mol. The number of unbranched alkanes of at least 4 members (excludes halogenated alkanes) is 5. The summed E-state index contributed by atoms with van der Waals surface area (Å²) >= 11 is 0. The molecule has 178 valence electrons. The maximum absolute atomic E-state index is 13.1. The largest absolute Gasteiger partial charge is 0.538 e. The van der Waals surface area contributed by atoms with Crippen molar-refractivity contribution in [2.45, 2.75) is 56.5 Å². The van der Waals surface area contributed by atoms with E-state index >= 15 is 0 Å². The monoisotopic (exact) mass is 498 g/mol. The minimum absolute atomic E-state index is 0.249. The van der Waals surface area contributed by atoms with Crippen molar-refractivity contribution in [1.82, 2.24) is 10.3 Å². The zero-order chi connectivity index (χ0) is 23.9. The summed E-state index contributed by atoms with van der Waals surface area (Å²) in [5.74, 6) is -1.41. The molecular formula is C16H22F6N3O4S2+. The summed E-state index contributed by atoms with van der Waals surface area (Å²) in [5, 5.41) is 2.13. The molecule has 0 aliphatic rings. The molecule has 7 nitrogen and oxygen atoms in total. The van der Waals surface area contributed by atoms with Crippen LogP contribution in [0.1, 0.15) is 51.0 Å². The summed E-state index contributed by atoms with van der Waals surface area (Å²) in [6.45, 7) is 1.71. The highest BCUT2D eigenvalue weighted by Gasteiger charge is 2.64. The van der Waals surface area contributed by atoms with Crippen molar-refractivity contribution in [1.29, 1.82) is 0 Å². The number of pyridine rings is 1. The van der Waals surface area contributed by atoms with Gasteiger partial charge in [0.25, 0.3) is 0 Å². The van der Waals surface area contributed by atoms with Crippen LogP contribution >= 0.6 is 0 Å². The molecule has 1 heterocycles. The standard InChI is InChI=1S/C16H21F6N3O4S2/c1-2-3-4-5-6-7-11-24-14(13-9-8-10-23-12-13)25(30(26,27)15(17,18)19)31(28,29)16(20,21)22/h8-10,12H,2-7,11H2,1H3/p+1. The van der Waals surface area contributed by atoms with Crippen LogP contribution in [0.4, 0.5) is 26.3 Å². The van der Waals surface area contributed by atoms with Crippen molar-refractivity contribution < 1.29 is 46.6 Å². The highest BCUT2D eigenvalue weighted by atomic mass is 32.3. The van der Waals surface area contributed by atoms with Gasteiger partial charge in [-0.3, -0.25) is 10.3 Å². The quantitative estimate of drug-likeness (QED) is 0.174. The van der Waals surface area contributed by atoms with Crippen LogP contribution < -0.4 is 5.32 Å². The Balaban J connectivity index is 3.57. The molecule has 0 aromatic carbocycles. The Hall–Kier alpha value is -1.90. The van der Waals surface area contributed by atoms with E-state index < -0.39 is 45.8 Å². The molecule has 0 aliphatic heterocycles. The Morgan fingerprint density at radius 1 is 0.935 bits per heavy atom. The van der Waals surface area contributed by atoms with Crippen molar-refractivity contribution in [2.24, 2.45) is 0 Å². The van der Waals surface area contributed by atoms with Crippen LogP contribution in [0.15, 0.2) is 24.5 Å². The zero-order valence-corrected chi connectivity index (χ0v) is 18.0. The second kappa shape index (κ2) is 10.6. The third kappa shape index (κ3) is 6.79. The number of rotatable bonds is 10. The lowest BCUT2D eigenvalue weighted by Crippen LogP contribution is -2.49. The van der Waals surface area contributed by atoms with Gasteiger partial charge in [-0.05, 0) is 28.4 Å². The molecule has 15 heteroatoms. The Kier molecular flexibility index (Phi) is 9.29. The van der Waals surface area contributed by atoms with Crippen LogP contribution in [0.2, 0.25) is 0 Å². The van der Waals surface area contributed by atoms with Gasteiger partial charge < -0.3 is 0 Å². The lowest BCUT2D eigenvalue weighted by atomic mass is 10.1. The van der Waals surface area contributed by atoms with Gasteiger partial charge in [0, 0.05) is 12.4 Å². The number of nitrogens with zero attached hydrogens (tertiary/aromatic N) is 2. The molecule has 31 heavy (non-hydrogen) atoms. The lowest BCUT2D eigenvalue weighted by molar-refractivity contribution is -0.233. The number of alkyl halides is 6. The first-order chi connectivity index (χ1) is 14.2. The van der Waals surface area contributed by atoms with Crippen LogP contribution in [-0.2, 0) is 20.0 Å². The third-order valence-electron chi connectivity index (χ3n) is 3.96. The molecule has 1 N–H and O–H groups in total. The number of hydrogen-bond donors (Lipinski definition) is 1. The minimum atomic E-state index is -6.98. The molecule has 1 aromatic heterocycles. The molecule has 0 radical (unpaired) electrons. The van der Waals surface area contributed by atoms with Crippen molar-refractivity contribution in [3.63, 3.8) is 0 Å². The van der Waals surface area contributed by atoms with Gasteiger partial charge in [-0.2, -0.15) is 43.2 Å². The smallest absolute Gasteiger partial charge is 0.272 e. The summed E-state index contributed by atoms with van der Waals surface area (Å²) in [6, 6.07) is 2.03. The number of nitrogens with one attached hydrogen (secondary N) is 1. The molecule has 0 bridgehead atoms. The van der Waals surface area contributed by atoms with Crippen molar-refractivity contribution >= 4 is 25.9 Å². The fraction of sp³-hybridized carbons (Fsp3) is 0.625. The van der Waals surface area contributed by atoms with E-state index in [0.29, 0.717) is 6.42 Å². The normalized spacial score (nSPS) is 13.1. The van der Waals surface area contributed by atoms with E-state index in [2.05, 4.69) is 10.3 Å². The Morgan fingerprint density at radius 2 is 1.45 bits per heavy atom. The van der Waals surface area contributed by atoms with Gasteiger partial charge in [-0.25, -0.2) is 0 Å². The molecule has 0 unspecified atom stereocenters. The van der Waals surface area contributed by atoms with Crippen LogP contribution in [0, 0.1) is 0 Å². The second-order valence-electron chi connectivity index (χ2n) is 6.38. The van der Waals surface area contributed by atoms with E-state index in [1.807, 2.05) is 6.92 Å². The molecule has 0 spiro atoms. The third-order valence-corrected chi connectivity index (χ3v) is 7.55. The van der Waals surface area contributed by atoms with Crippen LogP contribution in [0.5, 0.6) is 0 Å². The fourth-order valence-electron chi connectivity index (χ4n) is 2.44. The Bertz CT molecular complexity index is 913. The predicted molar refractivity (Wildman–Crippen MR) is 99.9 cm³/mol. The maximum atomic E-state index is 13.1. The van der Waals surface area contributed by atoms with Crippen molar-refractivity contribution in [2.75, 3.05) is 6.54 Å². The molecule has 1 rings (SSSR count). The maximum Gasteiger partial charge on any atom is 0.538 e. The van der Waals surface area contributed by atoms with Gasteiger partial charge in [0.05, 0.1) is 12.1 Å². The van der Waals surface area contributed by atoms with E-state index in [4.69, 9.17) is 0 Å². The van der Waals surface area contributed by atoms with Crippen LogP contribution in [-0.4, -0.2) is 48.6 Å². The highest BCUT2D eigenvalue weighted by Crippen LogP contribution is 2.33. The summed E-state index contributed by atoms with van der Waals surface area (Å²) in [5.41, 5.74) is -13.2. The average Bonchev–Trinajstić information content (AvgIpc) is 2.64. The Labute approximate surface area is 176 Å². The van der Waals surface area contributed by atoms with Gasteiger partial charge in [0.2, 0.25) is 0 Å².